The zero-order chi connectivity index (χ0) is 16.2. The van der Waals surface area contributed by atoms with E-state index in [0.717, 1.165) is 37.8 Å². The van der Waals surface area contributed by atoms with Crippen molar-refractivity contribution < 1.29 is 18.0 Å². The van der Waals surface area contributed by atoms with Crippen molar-refractivity contribution in [2.45, 2.75) is 57.3 Å². The Bertz CT molecular complexity index is 510. The molecule has 1 aromatic rings. The third-order valence-electron chi connectivity index (χ3n) is 3.94. The molecule has 2 rings (SSSR count). The molecule has 1 aromatic carbocycles. The van der Waals surface area contributed by atoms with Crippen molar-refractivity contribution in [2.75, 3.05) is 5.32 Å². The Morgan fingerprint density at radius 2 is 1.91 bits per heavy atom. The van der Waals surface area contributed by atoms with Gasteiger partial charge in [0.25, 0.3) is 0 Å². The molecule has 1 aliphatic carbocycles. The fraction of sp³-hybridized carbons (Fsp3) is 0.562. The van der Waals surface area contributed by atoms with Crippen LogP contribution in [0.15, 0.2) is 24.3 Å². The van der Waals surface area contributed by atoms with Crippen molar-refractivity contribution in [3.63, 3.8) is 0 Å². The SMILES string of the molecule is CC(NC1CCCCC1)C(=O)Nc1cccc(C(F)(F)F)c1. The van der Waals surface area contributed by atoms with Crippen LogP contribution in [0.5, 0.6) is 0 Å². The molecule has 3 nitrogen and oxygen atoms in total. The molecule has 0 aromatic heterocycles. The minimum atomic E-state index is -4.41. The summed E-state index contributed by atoms with van der Waals surface area (Å²) in [6, 6.07) is 4.57. The highest BCUT2D eigenvalue weighted by Crippen LogP contribution is 2.30. The van der Waals surface area contributed by atoms with Gasteiger partial charge in [-0.05, 0) is 38.0 Å². The first-order valence-electron chi connectivity index (χ1n) is 7.60. The number of benzene rings is 1. The second kappa shape index (κ2) is 7.13. The molecule has 0 radical (unpaired) electrons. The van der Waals surface area contributed by atoms with Crippen molar-refractivity contribution in [3.8, 4) is 0 Å². The molecule has 1 fully saturated rings. The third kappa shape index (κ3) is 4.73. The van der Waals surface area contributed by atoms with Gasteiger partial charge in [0, 0.05) is 11.7 Å². The standard InChI is InChI=1S/C16H21F3N2O/c1-11(20-13-7-3-2-4-8-13)15(22)21-14-9-5-6-12(10-14)16(17,18)19/h5-6,9-11,13,20H,2-4,7-8H2,1H3,(H,21,22). The molecule has 0 saturated heterocycles. The fourth-order valence-electron chi connectivity index (χ4n) is 2.72. The van der Waals surface area contributed by atoms with Crippen LogP contribution in [0.4, 0.5) is 18.9 Å². The molecule has 6 heteroatoms. The van der Waals surface area contributed by atoms with Gasteiger partial charge in [-0.1, -0.05) is 25.3 Å². The van der Waals surface area contributed by atoms with E-state index in [1.54, 1.807) is 6.92 Å². The summed E-state index contributed by atoms with van der Waals surface area (Å²) in [4.78, 5) is 12.1. The zero-order valence-corrected chi connectivity index (χ0v) is 12.5. The van der Waals surface area contributed by atoms with Crippen LogP contribution in [0.3, 0.4) is 0 Å². The molecule has 2 N–H and O–H groups in total. The molecule has 1 aliphatic rings. The average molecular weight is 314 g/mol. The highest BCUT2D eigenvalue weighted by molar-refractivity contribution is 5.94. The van der Waals surface area contributed by atoms with E-state index in [-0.39, 0.29) is 11.6 Å². The normalized spacial score (nSPS) is 18.0. The first-order valence-corrected chi connectivity index (χ1v) is 7.60. The first-order chi connectivity index (χ1) is 10.4. The maximum absolute atomic E-state index is 12.6. The summed E-state index contributed by atoms with van der Waals surface area (Å²) >= 11 is 0. The molecular weight excluding hydrogens is 293 g/mol. The number of amides is 1. The second-order valence-electron chi connectivity index (χ2n) is 5.79. The summed E-state index contributed by atoms with van der Waals surface area (Å²) in [5.41, 5.74) is -0.602. The van der Waals surface area contributed by atoms with Gasteiger partial charge in [-0.15, -0.1) is 0 Å². The Morgan fingerprint density at radius 3 is 2.55 bits per heavy atom. The first kappa shape index (κ1) is 16.8. The van der Waals surface area contributed by atoms with E-state index in [1.807, 2.05) is 0 Å². The van der Waals surface area contributed by atoms with Gasteiger partial charge in [0.2, 0.25) is 5.91 Å². The molecule has 0 aliphatic heterocycles. The predicted octanol–water partition coefficient (Wildman–Crippen LogP) is 3.95. The van der Waals surface area contributed by atoms with Gasteiger partial charge in [0.15, 0.2) is 0 Å². The summed E-state index contributed by atoms with van der Waals surface area (Å²) in [7, 11) is 0. The number of carbonyl (C=O) groups excluding carboxylic acids is 1. The lowest BCUT2D eigenvalue weighted by atomic mass is 9.95. The summed E-state index contributed by atoms with van der Waals surface area (Å²) in [5.74, 6) is -0.315. The van der Waals surface area contributed by atoms with E-state index >= 15 is 0 Å². The predicted molar refractivity (Wildman–Crippen MR) is 79.5 cm³/mol. The Kier molecular flexibility index (Phi) is 5.45. The van der Waals surface area contributed by atoms with Crippen LogP contribution in [0.2, 0.25) is 0 Å². The van der Waals surface area contributed by atoms with Crippen LogP contribution in [-0.2, 0) is 11.0 Å². The van der Waals surface area contributed by atoms with E-state index in [0.29, 0.717) is 6.04 Å². The number of hydrogen-bond donors (Lipinski definition) is 2. The molecule has 0 heterocycles. The number of hydrogen-bond acceptors (Lipinski definition) is 2. The lowest BCUT2D eigenvalue weighted by molar-refractivity contribution is -0.137. The minimum absolute atomic E-state index is 0.164. The van der Waals surface area contributed by atoms with Crippen LogP contribution in [0, 0.1) is 0 Å². The Hall–Kier alpha value is -1.56. The summed E-state index contributed by atoms with van der Waals surface area (Å²) in [6.45, 7) is 1.73. The van der Waals surface area contributed by atoms with Crippen LogP contribution in [-0.4, -0.2) is 18.0 Å². The van der Waals surface area contributed by atoms with Gasteiger partial charge < -0.3 is 10.6 Å². The number of nitrogens with one attached hydrogen (secondary N) is 2. The Balaban J connectivity index is 1.93. The second-order valence-corrected chi connectivity index (χ2v) is 5.79. The van der Waals surface area contributed by atoms with E-state index in [2.05, 4.69) is 10.6 Å². The zero-order valence-electron chi connectivity index (χ0n) is 12.5. The monoisotopic (exact) mass is 314 g/mol. The molecule has 1 unspecified atom stereocenters. The average Bonchev–Trinajstić information content (AvgIpc) is 2.47. The number of carbonyl (C=O) groups is 1. The molecule has 0 spiro atoms. The maximum atomic E-state index is 12.6. The van der Waals surface area contributed by atoms with E-state index in [9.17, 15) is 18.0 Å². The van der Waals surface area contributed by atoms with Gasteiger partial charge in [-0.25, -0.2) is 0 Å². The lowest BCUT2D eigenvalue weighted by Crippen LogP contribution is -2.44. The summed E-state index contributed by atoms with van der Waals surface area (Å²) in [5, 5.41) is 5.79. The summed E-state index contributed by atoms with van der Waals surface area (Å²) < 4.78 is 37.9. The van der Waals surface area contributed by atoms with Crippen LogP contribution < -0.4 is 10.6 Å². The van der Waals surface area contributed by atoms with Crippen molar-refractivity contribution in [2.24, 2.45) is 0 Å². The quantitative estimate of drug-likeness (QED) is 0.883. The smallest absolute Gasteiger partial charge is 0.325 e. The van der Waals surface area contributed by atoms with Gasteiger partial charge in [-0.3, -0.25) is 4.79 Å². The maximum Gasteiger partial charge on any atom is 0.416 e. The lowest BCUT2D eigenvalue weighted by Gasteiger charge is -2.26. The fourth-order valence-corrected chi connectivity index (χ4v) is 2.72. The number of halogens is 3. The van der Waals surface area contributed by atoms with E-state index < -0.39 is 17.8 Å². The molecular formula is C16H21F3N2O. The highest BCUT2D eigenvalue weighted by atomic mass is 19.4. The van der Waals surface area contributed by atoms with Crippen molar-refractivity contribution in [3.05, 3.63) is 29.8 Å². The number of rotatable bonds is 4. The van der Waals surface area contributed by atoms with Gasteiger partial charge in [-0.2, -0.15) is 13.2 Å². The van der Waals surface area contributed by atoms with E-state index in [4.69, 9.17) is 0 Å². The van der Waals surface area contributed by atoms with Gasteiger partial charge >= 0.3 is 6.18 Å². The van der Waals surface area contributed by atoms with Gasteiger partial charge in [0.1, 0.15) is 0 Å². The van der Waals surface area contributed by atoms with Gasteiger partial charge in [0.05, 0.1) is 11.6 Å². The molecule has 22 heavy (non-hydrogen) atoms. The van der Waals surface area contributed by atoms with Crippen molar-refractivity contribution >= 4 is 11.6 Å². The highest BCUT2D eigenvalue weighted by Gasteiger charge is 2.30. The van der Waals surface area contributed by atoms with Crippen molar-refractivity contribution in [1.82, 2.24) is 5.32 Å². The molecule has 1 saturated carbocycles. The largest absolute Gasteiger partial charge is 0.416 e. The minimum Gasteiger partial charge on any atom is -0.325 e. The Labute approximate surface area is 128 Å². The summed E-state index contributed by atoms with van der Waals surface area (Å²) in [6.07, 6.45) is 1.21. The number of alkyl halides is 3. The van der Waals surface area contributed by atoms with Crippen molar-refractivity contribution in [1.29, 1.82) is 0 Å². The molecule has 122 valence electrons. The van der Waals surface area contributed by atoms with Crippen LogP contribution in [0.1, 0.15) is 44.6 Å². The molecule has 1 amide bonds. The third-order valence-corrected chi connectivity index (χ3v) is 3.94. The Morgan fingerprint density at radius 1 is 1.23 bits per heavy atom. The molecule has 0 bridgehead atoms. The van der Waals surface area contributed by atoms with Crippen LogP contribution in [0.25, 0.3) is 0 Å². The number of anilines is 1. The van der Waals surface area contributed by atoms with E-state index in [1.165, 1.54) is 18.6 Å². The van der Waals surface area contributed by atoms with Crippen LogP contribution >= 0.6 is 0 Å². The topological polar surface area (TPSA) is 41.1 Å². The molecule has 1 atom stereocenters.